The van der Waals surface area contributed by atoms with Crippen molar-refractivity contribution in [2.45, 2.75) is 19.4 Å². The van der Waals surface area contributed by atoms with Crippen molar-refractivity contribution in [3.63, 3.8) is 0 Å². The summed E-state index contributed by atoms with van der Waals surface area (Å²) >= 11 is 3.28. The van der Waals surface area contributed by atoms with E-state index < -0.39 is 0 Å². The van der Waals surface area contributed by atoms with Crippen LogP contribution in [0.15, 0.2) is 22.7 Å². The minimum absolute atomic E-state index is 0.110. The highest BCUT2D eigenvalue weighted by molar-refractivity contribution is 9.10. The Labute approximate surface area is 144 Å². The van der Waals surface area contributed by atoms with E-state index >= 15 is 0 Å². The Hall–Kier alpha value is -0.980. The lowest BCUT2D eigenvalue weighted by atomic mass is 9.94. The van der Waals surface area contributed by atoms with Crippen LogP contribution in [0.25, 0.3) is 0 Å². The molecule has 0 spiro atoms. The average molecular weight is 385 g/mol. The maximum absolute atomic E-state index is 13.9. The molecule has 126 valence electrons. The van der Waals surface area contributed by atoms with Crippen molar-refractivity contribution < 1.29 is 13.9 Å². The molecule has 6 heteroatoms. The molecule has 0 radical (unpaired) electrons. The standard InChI is InChI=1S/C17H22BrFN2O2/c18-15-2-1-14(16(19)11-15)12-20-5-3-13(4-6-20)17(22)21-7-9-23-10-8-21/h1-2,11,13H,3-10,12H2. The quantitative estimate of drug-likeness (QED) is 0.802. The molecular formula is C17H22BrFN2O2. The Morgan fingerprint density at radius 2 is 1.91 bits per heavy atom. The number of carbonyl (C=O) groups excluding carboxylic acids is 1. The molecule has 3 rings (SSSR count). The zero-order valence-electron chi connectivity index (χ0n) is 13.1. The van der Waals surface area contributed by atoms with Crippen LogP contribution in [0.3, 0.4) is 0 Å². The van der Waals surface area contributed by atoms with Crippen LogP contribution in [-0.2, 0) is 16.1 Å². The van der Waals surface area contributed by atoms with Crippen LogP contribution < -0.4 is 0 Å². The first-order chi connectivity index (χ1) is 11.1. The maximum atomic E-state index is 13.9. The number of rotatable bonds is 3. The number of hydrogen-bond donors (Lipinski definition) is 0. The molecule has 0 aliphatic carbocycles. The second-order valence-electron chi connectivity index (χ2n) is 6.22. The first kappa shape index (κ1) is 16.9. The molecule has 2 fully saturated rings. The summed E-state index contributed by atoms with van der Waals surface area (Å²) in [6.07, 6.45) is 1.71. The number of amides is 1. The molecule has 0 atom stereocenters. The largest absolute Gasteiger partial charge is 0.378 e. The second-order valence-corrected chi connectivity index (χ2v) is 7.14. The number of ether oxygens (including phenoxy) is 1. The smallest absolute Gasteiger partial charge is 0.225 e. The fraction of sp³-hybridized carbons (Fsp3) is 0.588. The summed E-state index contributed by atoms with van der Waals surface area (Å²) in [7, 11) is 0. The van der Waals surface area contributed by atoms with Crippen molar-refractivity contribution in [1.82, 2.24) is 9.80 Å². The van der Waals surface area contributed by atoms with Crippen LogP contribution in [-0.4, -0.2) is 55.1 Å². The van der Waals surface area contributed by atoms with Crippen molar-refractivity contribution >= 4 is 21.8 Å². The highest BCUT2D eigenvalue weighted by Gasteiger charge is 2.29. The lowest BCUT2D eigenvalue weighted by Gasteiger charge is -2.35. The van der Waals surface area contributed by atoms with E-state index in [0.717, 1.165) is 30.4 Å². The number of hydrogen-bond acceptors (Lipinski definition) is 3. The van der Waals surface area contributed by atoms with Crippen molar-refractivity contribution in [2.24, 2.45) is 5.92 Å². The molecule has 4 nitrogen and oxygen atoms in total. The van der Waals surface area contributed by atoms with Crippen LogP contribution >= 0.6 is 15.9 Å². The fourth-order valence-corrected chi connectivity index (χ4v) is 3.60. The van der Waals surface area contributed by atoms with Crippen LogP contribution in [0.4, 0.5) is 4.39 Å². The van der Waals surface area contributed by atoms with Crippen molar-refractivity contribution in [3.8, 4) is 0 Å². The monoisotopic (exact) mass is 384 g/mol. The Morgan fingerprint density at radius 1 is 1.22 bits per heavy atom. The summed E-state index contributed by atoms with van der Waals surface area (Å²) in [5.74, 6) is 0.202. The molecule has 0 saturated carbocycles. The van der Waals surface area contributed by atoms with Gasteiger partial charge in [0.05, 0.1) is 13.2 Å². The molecule has 1 amide bonds. The zero-order chi connectivity index (χ0) is 16.2. The minimum Gasteiger partial charge on any atom is -0.378 e. The molecule has 1 aromatic carbocycles. The zero-order valence-corrected chi connectivity index (χ0v) is 14.7. The predicted octanol–water partition coefficient (Wildman–Crippen LogP) is 2.66. The molecule has 1 aromatic rings. The lowest BCUT2D eigenvalue weighted by Crippen LogP contribution is -2.46. The van der Waals surface area contributed by atoms with E-state index in [4.69, 9.17) is 4.74 Å². The summed E-state index contributed by atoms with van der Waals surface area (Å²) in [5.41, 5.74) is 0.714. The van der Waals surface area contributed by atoms with Gasteiger partial charge in [0.25, 0.3) is 0 Å². The van der Waals surface area contributed by atoms with Crippen LogP contribution in [0, 0.1) is 11.7 Å². The highest BCUT2D eigenvalue weighted by Crippen LogP contribution is 2.23. The molecule has 2 aliphatic rings. The van der Waals surface area contributed by atoms with Crippen LogP contribution in [0.2, 0.25) is 0 Å². The number of benzene rings is 1. The van der Waals surface area contributed by atoms with E-state index in [2.05, 4.69) is 20.8 Å². The summed E-state index contributed by atoms with van der Waals surface area (Å²) in [6, 6.07) is 5.20. The molecule has 0 unspecified atom stereocenters. The normalized spacial score (nSPS) is 20.7. The number of morpholine rings is 1. The van der Waals surface area contributed by atoms with Crippen molar-refractivity contribution in [3.05, 3.63) is 34.1 Å². The Balaban J connectivity index is 1.51. The molecule has 2 heterocycles. The van der Waals surface area contributed by atoms with E-state index in [1.165, 1.54) is 6.07 Å². The number of piperidine rings is 1. The average Bonchev–Trinajstić information content (AvgIpc) is 2.58. The van der Waals surface area contributed by atoms with Gasteiger partial charge in [-0.15, -0.1) is 0 Å². The fourth-order valence-electron chi connectivity index (χ4n) is 3.27. The van der Waals surface area contributed by atoms with E-state index in [1.807, 2.05) is 17.0 Å². The van der Waals surface area contributed by atoms with E-state index in [0.29, 0.717) is 38.4 Å². The third-order valence-corrected chi connectivity index (χ3v) is 5.16. The van der Waals surface area contributed by atoms with Gasteiger partial charge in [-0.05, 0) is 38.1 Å². The topological polar surface area (TPSA) is 32.8 Å². The van der Waals surface area contributed by atoms with Gasteiger partial charge in [-0.3, -0.25) is 9.69 Å². The van der Waals surface area contributed by atoms with Gasteiger partial charge in [-0.25, -0.2) is 4.39 Å². The van der Waals surface area contributed by atoms with Gasteiger partial charge in [0.15, 0.2) is 0 Å². The van der Waals surface area contributed by atoms with E-state index in [9.17, 15) is 9.18 Å². The molecule has 23 heavy (non-hydrogen) atoms. The van der Waals surface area contributed by atoms with Gasteiger partial charge < -0.3 is 9.64 Å². The summed E-state index contributed by atoms with van der Waals surface area (Å²) in [4.78, 5) is 16.7. The molecular weight excluding hydrogens is 363 g/mol. The molecule has 0 aromatic heterocycles. The Bertz CT molecular complexity index is 556. The first-order valence-electron chi connectivity index (χ1n) is 8.16. The van der Waals surface area contributed by atoms with Crippen molar-refractivity contribution in [2.75, 3.05) is 39.4 Å². The number of nitrogens with zero attached hydrogens (tertiary/aromatic N) is 2. The second kappa shape index (κ2) is 7.73. The third-order valence-electron chi connectivity index (χ3n) is 4.67. The van der Waals surface area contributed by atoms with Gasteiger partial charge >= 0.3 is 0 Å². The molecule has 0 N–H and O–H groups in total. The molecule has 2 saturated heterocycles. The van der Waals surface area contributed by atoms with E-state index in [1.54, 1.807) is 0 Å². The maximum Gasteiger partial charge on any atom is 0.225 e. The highest BCUT2D eigenvalue weighted by atomic mass is 79.9. The third kappa shape index (κ3) is 4.31. The molecule has 0 bridgehead atoms. The van der Waals surface area contributed by atoms with Crippen LogP contribution in [0.1, 0.15) is 18.4 Å². The summed E-state index contributed by atoms with van der Waals surface area (Å²) in [5, 5.41) is 0. The van der Waals surface area contributed by atoms with Gasteiger partial charge in [0.1, 0.15) is 5.82 Å². The van der Waals surface area contributed by atoms with Gasteiger partial charge in [-0.2, -0.15) is 0 Å². The SMILES string of the molecule is O=C(C1CCN(Cc2ccc(Br)cc2F)CC1)N1CCOCC1. The van der Waals surface area contributed by atoms with Crippen molar-refractivity contribution in [1.29, 1.82) is 0 Å². The number of likely N-dealkylation sites (tertiary alicyclic amines) is 1. The van der Waals surface area contributed by atoms with Gasteiger partial charge in [-0.1, -0.05) is 22.0 Å². The van der Waals surface area contributed by atoms with Gasteiger partial charge in [0.2, 0.25) is 5.91 Å². The summed E-state index contributed by atoms with van der Waals surface area (Å²) in [6.45, 7) is 5.01. The Morgan fingerprint density at radius 3 is 2.57 bits per heavy atom. The summed E-state index contributed by atoms with van der Waals surface area (Å²) < 4.78 is 20.0. The lowest BCUT2D eigenvalue weighted by molar-refractivity contribution is -0.141. The number of carbonyl (C=O) groups is 1. The number of halogens is 2. The minimum atomic E-state index is -0.175. The predicted molar refractivity (Wildman–Crippen MR) is 89.5 cm³/mol. The Kier molecular flexibility index (Phi) is 5.67. The molecule has 2 aliphatic heterocycles. The van der Waals surface area contributed by atoms with E-state index in [-0.39, 0.29) is 17.6 Å². The van der Waals surface area contributed by atoms with Gasteiger partial charge in [0, 0.05) is 35.6 Å². The van der Waals surface area contributed by atoms with Crippen LogP contribution in [0.5, 0.6) is 0 Å². The first-order valence-corrected chi connectivity index (χ1v) is 8.95.